The second-order valence-corrected chi connectivity index (χ2v) is 6.18. The van der Waals surface area contributed by atoms with Crippen molar-refractivity contribution in [2.24, 2.45) is 5.92 Å². The molecule has 2 atom stereocenters. The Morgan fingerprint density at radius 2 is 2.33 bits per heavy atom. The predicted octanol–water partition coefficient (Wildman–Crippen LogP) is 1.60. The molecule has 0 radical (unpaired) electrons. The summed E-state index contributed by atoms with van der Waals surface area (Å²) in [4.78, 5) is 15.4. The van der Waals surface area contributed by atoms with Gasteiger partial charge in [-0.05, 0) is 39.8 Å². The molecule has 0 amide bonds. The van der Waals surface area contributed by atoms with Crippen molar-refractivity contribution in [2.45, 2.75) is 38.8 Å². The van der Waals surface area contributed by atoms with Gasteiger partial charge in [0, 0.05) is 31.6 Å². The molecule has 0 spiro atoms. The molecule has 0 saturated carbocycles. The number of carboxylic acids is 1. The molecule has 118 valence electrons. The standard InChI is InChI=1S/C15H25N3O3/c1-11-8-13(21-16-11)10-18-7-6-14(17(2)3)12(9-18)4-5-15(19)20/h8,12,14H,4-7,9-10H2,1-3H3,(H,19,20)/t12-,14+/m0/s1. The Bertz CT molecular complexity index is 472. The maximum Gasteiger partial charge on any atom is 0.303 e. The summed E-state index contributed by atoms with van der Waals surface area (Å²) in [5, 5.41) is 12.8. The fraction of sp³-hybridized carbons (Fsp3) is 0.733. The summed E-state index contributed by atoms with van der Waals surface area (Å²) in [5.41, 5.74) is 0.899. The van der Waals surface area contributed by atoms with E-state index in [9.17, 15) is 4.79 Å². The van der Waals surface area contributed by atoms with E-state index in [-0.39, 0.29) is 6.42 Å². The van der Waals surface area contributed by atoms with Crippen LogP contribution in [-0.2, 0) is 11.3 Å². The normalized spacial score (nSPS) is 23.6. The van der Waals surface area contributed by atoms with Gasteiger partial charge >= 0.3 is 5.97 Å². The lowest BCUT2D eigenvalue weighted by atomic mass is 9.87. The number of rotatable bonds is 6. The molecule has 6 heteroatoms. The van der Waals surface area contributed by atoms with Crippen LogP contribution in [0.5, 0.6) is 0 Å². The molecule has 1 aromatic heterocycles. The SMILES string of the molecule is Cc1cc(CN2CC[C@@H](N(C)C)[C@@H](CCC(=O)O)C2)on1. The van der Waals surface area contributed by atoms with Crippen LogP contribution in [0.25, 0.3) is 0 Å². The second kappa shape index (κ2) is 7.04. The third kappa shape index (κ3) is 4.54. The minimum Gasteiger partial charge on any atom is -0.481 e. The van der Waals surface area contributed by atoms with Crippen molar-refractivity contribution in [1.82, 2.24) is 15.0 Å². The zero-order chi connectivity index (χ0) is 15.4. The fourth-order valence-electron chi connectivity index (χ4n) is 3.22. The summed E-state index contributed by atoms with van der Waals surface area (Å²) in [6, 6.07) is 2.42. The summed E-state index contributed by atoms with van der Waals surface area (Å²) in [5.74, 6) is 0.553. The number of nitrogens with zero attached hydrogens (tertiary/aromatic N) is 3. The highest BCUT2D eigenvalue weighted by Gasteiger charge is 2.31. The maximum atomic E-state index is 10.8. The first-order chi connectivity index (χ1) is 9.95. The van der Waals surface area contributed by atoms with Crippen molar-refractivity contribution in [1.29, 1.82) is 0 Å². The third-order valence-corrected chi connectivity index (χ3v) is 4.23. The predicted molar refractivity (Wildman–Crippen MR) is 79.0 cm³/mol. The Morgan fingerprint density at radius 1 is 1.57 bits per heavy atom. The van der Waals surface area contributed by atoms with E-state index < -0.39 is 5.97 Å². The summed E-state index contributed by atoms with van der Waals surface area (Å²) in [6.07, 6.45) is 2.03. The Balaban J connectivity index is 1.95. The largest absolute Gasteiger partial charge is 0.481 e. The van der Waals surface area contributed by atoms with Crippen LogP contribution in [-0.4, -0.2) is 59.3 Å². The monoisotopic (exact) mass is 295 g/mol. The average molecular weight is 295 g/mol. The van der Waals surface area contributed by atoms with Crippen LogP contribution in [0.1, 0.15) is 30.7 Å². The number of hydrogen-bond acceptors (Lipinski definition) is 5. The topological polar surface area (TPSA) is 69.8 Å². The molecule has 0 unspecified atom stereocenters. The molecule has 1 aromatic rings. The van der Waals surface area contributed by atoms with Gasteiger partial charge in [0.2, 0.25) is 0 Å². The molecular formula is C15H25N3O3. The lowest BCUT2D eigenvalue weighted by Crippen LogP contribution is -2.48. The molecule has 0 bridgehead atoms. The molecule has 2 heterocycles. The number of aromatic nitrogens is 1. The van der Waals surface area contributed by atoms with Crippen molar-refractivity contribution in [2.75, 3.05) is 27.2 Å². The van der Waals surface area contributed by atoms with Crippen LogP contribution in [0.15, 0.2) is 10.6 Å². The van der Waals surface area contributed by atoms with E-state index in [1.54, 1.807) is 0 Å². The molecule has 0 aromatic carbocycles. The van der Waals surface area contributed by atoms with Crippen LogP contribution in [0.3, 0.4) is 0 Å². The van der Waals surface area contributed by atoms with Crippen molar-refractivity contribution < 1.29 is 14.4 Å². The van der Waals surface area contributed by atoms with Gasteiger partial charge in [0.25, 0.3) is 0 Å². The van der Waals surface area contributed by atoms with Crippen molar-refractivity contribution >= 4 is 5.97 Å². The van der Waals surface area contributed by atoms with E-state index in [2.05, 4.69) is 29.1 Å². The average Bonchev–Trinajstić information content (AvgIpc) is 2.81. The van der Waals surface area contributed by atoms with Crippen molar-refractivity contribution in [3.8, 4) is 0 Å². The summed E-state index contributed by atoms with van der Waals surface area (Å²) >= 11 is 0. The van der Waals surface area contributed by atoms with Gasteiger partial charge in [-0.2, -0.15) is 0 Å². The van der Waals surface area contributed by atoms with Gasteiger partial charge < -0.3 is 14.5 Å². The number of aliphatic carboxylic acids is 1. The quantitative estimate of drug-likeness (QED) is 0.859. The molecule has 1 N–H and O–H groups in total. The highest BCUT2D eigenvalue weighted by atomic mass is 16.5. The molecule has 1 fully saturated rings. The first-order valence-corrected chi connectivity index (χ1v) is 7.48. The second-order valence-electron chi connectivity index (χ2n) is 6.18. The number of piperidine rings is 1. The van der Waals surface area contributed by atoms with Crippen LogP contribution >= 0.6 is 0 Å². The van der Waals surface area contributed by atoms with E-state index in [0.29, 0.717) is 12.0 Å². The zero-order valence-electron chi connectivity index (χ0n) is 13.1. The summed E-state index contributed by atoms with van der Waals surface area (Å²) < 4.78 is 5.28. The summed E-state index contributed by atoms with van der Waals surface area (Å²) in [6.45, 7) is 4.59. The minimum atomic E-state index is -0.713. The zero-order valence-corrected chi connectivity index (χ0v) is 13.1. The molecule has 21 heavy (non-hydrogen) atoms. The van der Waals surface area contributed by atoms with Gasteiger partial charge in [-0.1, -0.05) is 5.16 Å². The molecular weight excluding hydrogens is 270 g/mol. The van der Waals surface area contributed by atoms with Crippen molar-refractivity contribution in [3.63, 3.8) is 0 Å². The number of carboxylic acid groups (broad SMARTS) is 1. The number of carbonyl (C=O) groups is 1. The van der Waals surface area contributed by atoms with Gasteiger partial charge in [0.05, 0.1) is 12.2 Å². The van der Waals surface area contributed by atoms with E-state index in [1.807, 2.05) is 13.0 Å². The number of likely N-dealkylation sites (tertiary alicyclic amines) is 1. The highest BCUT2D eigenvalue weighted by molar-refractivity contribution is 5.66. The van der Waals surface area contributed by atoms with E-state index in [4.69, 9.17) is 9.63 Å². The molecule has 0 aliphatic carbocycles. The Morgan fingerprint density at radius 3 is 2.90 bits per heavy atom. The van der Waals surface area contributed by atoms with Gasteiger partial charge in [-0.3, -0.25) is 9.69 Å². The molecule has 6 nitrogen and oxygen atoms in total. The minimum absolute atomic E-state index is 0.240. The van der Waals surface area contributed by atoms with Gasteiger partial charge in [-0.25, -0.2) is 0 Å². The van der Waals surface area contributed by atoms with Crippen LogP contribution in [0.4, 0.5) is 0 Å². The van der Waals surface area contributed by atoms with Gasteiger partial charge in [0.15, 0.2) is 5.76 Å². The maximum absolute atomic E-state index is 10.8. The fourth-order valence-corrected chi connectivity index (χ4v) is 3.22. The number of aryl methyl sites for hydroxylation is 1. The summed E-state index contributed by atoms with van der Waals surface area (Å²) in [7, 11) is 4.15. The van der Waals surface area contributed by atoms with Gasteiger partial charge in [-0.15, -0.1) is 0 Å². The highest BCUT2D eigenvalue weighted by Crippen LogP contribution is 2.26. The smallest absolute Gasteiger partial charge is 0.303 e. The van der Waals surface area contributed by atoms with Crippen LogP contribution in [0, 0.1) is 12.8 Å². The van der Waals surface area contributed by atoms with E-state index in [1.165, 1.54) is 0 Å². The lowest BCUT2D eigenvalue weighted by molar-refractivity contribution is -0.137. The van der Waals surface area contributed by atoms with E-state index >= 15 is 0 Å². The van der Waals surface area contributed by atoms with Crippen molar-refractivity contribution in [3.05, 3.63) is 17.5 Å². The van der Waals surface area contributed by atoms with Gasteiger partial charge in [0.1, 0.15) is 0 Å². The van der Waals surface area contributed by atoms with Crippen LogP contribution < -0.4 is 0 Å². The first kappa shape index (κ1) is 16.0. The Labute approximate surface area is 125 Å². The Hall–Kier alpha value is -1.40. The lowest BCUT2D eigenvalue weighted by Gasteiger charge is -2.41. The molecule has 2 rings (SSSR count). The molecule has 1 aliphatic rings. The first-order valence-electron chi connectivity index (χ1n) is 7.48. The third-order valence-electron chi connectivity index (χ3n) is 4.23. The Kier molecular flexibility index (Phi) is 5.36. The molecule has 1 saturated heterocycles. The molecule has 1 aliphatic heterocycles. The van der Waals surface area contributed by atoms with E-state index in [0.717, 1.165) is 43.9 Å². The van der Waals surface area contributed by atoms with Crippen LogP contribution in [0.2, 0.25) is 0 Å². The number of hydrogen-bond donors (Lipinski definition) is 1.